The van der Waals surface area contributed by atoms with E-state index in [4.69, 9.17) is 4.74 Å². The van der Waals surface area contributed by atoms with Crippen molar-refractivity contribution in [2.24, 2.45) is 0 Å². The van der Waals surface area contributed by atoms with Crippen molar-refractivity contribution in [2.45, 2.75) is 25.1 Å². The number of ether oxygens (including phenoxy) is 1. The van der Waals surface area contributed by atoms with Gasteiger partial charge in [0.25, 0.3) is 5.91 Å². The van der Waals surface area contributed by atoms with E-state index < -0.39 is 22.0 Å². The minimum atomic E-state index is -3.30. The predicted molar refractivity (Wildman–Crippen MR) is 115 cm³/mol. The Morgan fingerprint density at radius 3 is 2.65 bits per heavy atom. The average molecular weight is 436 g/mol. The fourth-order valence-electron chi connectivity index (χ4n) is 4.02. The zero-order valence-electron chi connectivity index (χ0n) is 16.7. The fourth-order valence-corrected chi connectivity index (χ4v) is 5.32. The molecule has 5 rings (SSSR count). The van der Waals surface area contributed by atoms with E-state index in [1.165, 1.54) is 5.41 Å². The van der Waals surface area contributed by atoms with E-state index in [9.17, 15) is 13.2 Å². The largest absolute Gasteiger partial charge is 0.480 e. The maximum absolute atomic E-state index is 13.5. The molecule has 7 nitrogen and oxygen atoms in total. The Morgan fingerprint density at radius 2 is 1.94 bits per heavy atom. The van der Waals surface area contributed by atoms with Gasteiger partial charge in [-0.05, 0) is 54.1 Å². The summed E-state index contributed by atoms with van der Waals surface area (Å²) in [7, 11) is -3.30. The highest BCUT2D eigenvalue weighted by atomic mass is 32.2. The third kappa shape index (κ3) is 3.98. The summed E-state index contributed by atoms with van der Waals surface area (Å²) in [4.78, 5) is 19.1. The molecule has 4 heterocycles. The first-order valence-electron chi connectivity index (χ1n) is 10.0. The van der Waals surface area contributed by atoms with Gasteiger partial charge in [0.15, 0.2) is 15.9 Å². The van der Waals surface area contributed by atoms with Crippen molar-refractivity contribution in [3.8, 4) is 11.4 Å². The van der Waals surface area contributed by atoms with Gasteiger partial charge in [0, 0.05) is 54.4 Å². The van der Waals surface area contributed by atoms with E-state index in [1.54, 1.807) is 23.4 Å². The number of carbonyl (C=O) groups is 1. The summed E-state index contributed by atoms with van der Waals surface area (Å²) in [5.41, 5.74) is 2.84. The van der Waals surface area contributed by atoms with Crippen molar-refractivity contribution in [1.82, 2.24) is 14.5 Å². The fraction of sp³-hybridized carbons (Fsp3) is 0.217. The molecule has 1 aromatic carbocycles. The molecule has 31 heavy (non-hydrogen) atoms. The van der Waals surface area contributed by atoms with Crippen LogP contribution >= 0.6 is 0 Å². The van der Waals surface area contributed by atoms with Crippen molar-refractivity contribution >= 4 is 15.7 Å². The number of hydrogen-bond acceptors (Lipinski definition) is 5. The lowest BCUT2D eigenvalue weighted by Gasteiger charge is -2.29. The quantitative estimate of drug-likeness (QED) is 0.615. The van der Waals surface area contributed by atoms with Gasteiger partial charge in [-0.2, -0.15) is 0 Å². The average Bonchev–Trinajstić information content (AvgIpc) is 3.51. The number of pyridine rings is 1. The van der Waals surface area contributed by atoms with Crippen molar-refractivity contribution in [3.05, 3.63) is 89.9 Å². The lowest BCUT2D eigenvalue weighted by atomic mass is 10.1. The highest BCUT2D eigenvalue weighted by Crippen LogP contribution is 2.32. The number of rotatable bonds is 5. The SMILES string of the molecule is O=C(C1Cc2cc(-n3cccc3)ccc2O1)N(Cc1ccncc1)C1C=CS(=O)(=O)C1. The standard InChI is InChI=1S/C23H21N3O4S/c27-23(22-14-18-13-19(3-4-21(18)30-22)25-10-1-2-11-25)26(15-17-5-8-24-9-6-17)20-7-12-31(28,29)16-20/h1-13,20,22H,14-16H2. The van der Waals surface area contributed by atoms with E-state index >= 15 is 0 Å². The third-order valence-corrected chi connectivity index (χ3v) is 6.97. The van der Waals surface area contributed by atoms with Crippen LogP contribution in [0.3, 0.4) is 0 Å². The summed E-state index contributed by atoms with van der Waals surface area (Å²) in [6, 6.07) is 12.9. The summed E-state index contributed by atoms with van der Waals surface area (Å²) >= 11 is 0. The number of fused-ring (bicyclic) bond motifs is 1. The Morgan fingerprint density at radius 1 is 1.16 bits per heavy atom. The van der Waals surface area contributed by atoms with Crippen LogP contribution in [0.1, 0.15) is 11.1 Å². The van der Waals surface area contributed by atoms with Crippen LogP contribution in [-0.2, 0) is 27.6 Å². The maximum Gasteiger partial charge on any atom is 0.264 e. The molecule has 0 N–H and O–H groups in total. The lowest BCUT2D eigenvalue weighted by molar-refractivity contribution is -0.139. The van der Waals surface area contributed by atoms with Gasteiger partial charge in [0.1, 0.15) is 5.75 Å². The molecule has 3 aromatic rings. The van der Waals surface area contributed by atoms with Crippen molar-refractivity contribution in [2.75, 3.05) is 5.75 Å². The molecule has 1 amide bonds. The number of amides is 1. The molecule has 0 bridgehead atoms. The van der Waals surface area contributed by atoms with Crippen LogP contribution in [0.15, 0.2) is 78.7 Å². The Balaban J connectivity index is 1.39. The summed E-state index contributed by atoms with van der Waals surface area (Å²) in [5.74, 6) is 0.358. The zero-order chi connectivity index (χ0) is 21.4. The van der Waals surface area contributed by atoms with Gasteiger partial charge in [0.05, 0.1) is 11.8 Å². The van der Waals surface area contributed by atoms with Gasteiger partial charge >= 0.3 is 0 Å². The zero-order valence-corrected chi connectivity index (χ0v) is 17.5. The number of sulfone groups is 1. The Labute approximate surface area is 180 Å². The van der Waals surface area contributed by atoms with Gasteiger partial charge in [0.2, 0.25) is 0 Å². The number of aromatic nitrogens is 2. The van der Waals surface area contributed by atoms with E-state index in [1.807, 2.05) is 59.4 Å². The molecule has 2 aromatic heterocycles. The molecule has 2 aliphatic heterocycles. The minimum Gasteiger partial charge on any atom is -0.480 e. The van der Waals surface area contributed by atoms with Crippen LogP contribution in [0.2, 0.25) is 0 Å². The van der Waals surface area contributed by atoms with Gasteiger partial charge in [-0.25, -0.2) is 8.42 Å². The summed E-state index contributed by atoms with van der Waals surface area (Å²) < 4.78 is 32.0. The van der Waals surface area contributed by atoms with Gasteiger partial charge in [-0.1, -0.05) is 0 Å². The van der Waals surface area contributed by atoms with Gasteiger partial charge in [-0.3, -0.25) is 9.78 Å². The van der Waals surface area contributed by atoms with Crippen molar-refractivity contribution in [3.63, 3.8) is 0 Å². The molecular formula is C23H21N3O4S. The van der Waals surface area contributed by atoms with E-state index in [2.05, 4.69) is 4.98 Å². The van der Waals surface area contributed by atoms with Crippen LogP contribution in [-0.4, -0.2) is 46.7 Å². The topological polar surface area (TPSA) is 81.5 Å². The lowest BCUT2D eigenvalue weighted by Crippen LogP contribution is -2.47. The van der Waals surface area contributed by atoms with Crippen LogP contribution in [0.4, 0.5) is 0 Å². The molecule has 158 valence electrons. The van der Waals surface area contributed by atoms with Crippen LogP contribution < -0.4 is 4.74 Å². The second-order valence-electron chi connectivity index (χ2n) is 7.74. The molecule has 2 unspecified atom stereocenters. The second-order valence-corrected chi connectivity index (χ2v) is 9.67. The first-order valence-corrected chi connectivity index (χ1v) is 11.7. The van der Waals surface area contributed by atoms with Crippen molar-refractivity contribution in [1.29, 1.82) is 0 Å². The van der Waals surface area contributed by atoms with E-state index in [0.29, 0.717) is 12.2 Å². The molecule has 2 atom stereocenters. The van der Waals surface area contributed by atoms with Crippen LogP contribution in [0.25, 0.3) is 5.69 Å². The number of nitrogens with zero attached hydrogens (tertiary/aromatic N) is 3. The predicted octanol–water partition coefficient (Wildman–Crippen LogP) is 2.52. The molecule has 0 radical (unpaired) electrons. The monoisotopic (exact) mass is 435 g/mol. The smallest absolute Gasteiger partial charge is 0.264 e. The molecular weight excluding hydrogens is 414 g/mol. The summed E-state index contributed by atoms with van der Waals surface area (Å²) in [6.07, 6.45) is 8.58. The Hall–Kier alpha value is -3.39. The van der Waals surface area contributed by atoms with Gasteiger partial charge < -0.3 is 14.2 Å². The van der Waals surface area contributed by atoms with E-state index in [-0.39, 0.29) is 18.2 Å². The molecule has 0 spiro atoms. The molecule has 0 saturated heterocycles. The van der Waals surface area contributed by atoms with Crippen molar-refractivity contribution < 1.29 is 17.9 Å². The molecule has 0 saturated carbocycles. The number of benzene rings is 1. The third-order valence-electron chi connectivity index (χ3n) is 5.59. The first kappa shape index (κ1) is 19.6. The normalized spacial score (nSPS) is 20.9. The Kier molecular flexibility index (Phi) is 4.86. The first-order chi connectivity index (χ1) is 15.0. The molecule has 0 fully saturated rings. The van der Waals surface area contributed by atoms with E-state index in [0.717, 1.165) is 16.8 Å². The maximum atomic E-state index is 13.5. The minimum absolute atomic E-state index is 0.110. The second kappa shape index (κ2) is 7.70. The van der Waals surface area contributed by atoms with Crippen LogP contribution in [0, 0.1) is 0 Å². The molecule has 0 aliphatic carbocycles. The summed E-state index contributed by atoms with van der Waals surface area (Å²) in [6.45, 7) is 0.288. The highest BCUT2D eigenvalue weighted by molar-refractivity contribution is 7.94. The van der Waals surface area contributed by atoms with Gasteiger partial charge in [-0.15, -0.1) is 0 Å². The number of carbonyl (C=O) groups excluding carboxylic acids is 1. The highest BCUT2D eigenvalue weighted by Gasteiger charge is 2.37. The van der Waals surface area contributed by atoms with Crippen LogP contribution in [0.5, 0.6) is 5.75 Å². The summed E-state index contributed by atoms with van der Waals surface area (Å²) in [5, 5.41) is 1.19. The molecule has 2 aliphatic rings. The number of hydrogen-bond donors (Lipinski definition) is 0. The Bertz CT molecular complexity index is 1240. The molecule has 8 heteroatoms.